The first-order chi connectivity index (χ1) is 8.29. The number of benzene rings is 1. The number of aryl methyl sites for hydroxylation is 2. The summed E-state index contributed by atoms with van der Waals surface area (Å²) in [5.41, 5.74) is 1.15. The molecule has 0 radical (unpaired) electrons. The van der Waals surface area contributed by atoms with E-state index in [1.165, 1.54) is 0 Å². The molecule has 1 aliphatic heterocycles. The smallest absolute Gasteiger partial charge is 0.150 e. The van der Waals surface area contributed by atoms with E-state index in [0.717, 1.165) is 41.5 Å². The minimum atomic E-state index is 0.256. The molecule has 0 N–H and O–H groups in total. The Labute approximate surface area is 105 Å². The summed E-state index contributed by atoms with van der Waals surface area (Å²) in [6.45, 7) is 2.08. The van der Waals surface area contributed by atoms with E-state index in [1.54, 1.807) is 0 Å². The van der Waals surface area contributed by atoms with Gasteiger partial charge in [-0.05, 0) is 18.1 Å². The van der Waals surface area contributed by atoms with Crippen LogP contribution in [0.1, 0.15) is 36.6 Å². The summed E-state index contributed by atoms with van der Waals surface area (Å²) >= 11 is 6.25. The molecule has 1 atom stereocenters. The van der Waals surface area contributed by atoms with Crippen LogP contribution < -0.4 is 0 Å². The topological polar surface area (TPSA) is 30.7 Å². The van der Waals surface area contributed by atoms with Crippen LogP contribution in [0.5, 0.6) is 0 Å². The molecule has 0 aliphatic carbocycles. The minimum absolute atomic E-state index is 0.256. The second kappa shape index (κ2) is 4.15. The molecule has 0 amide bonds. The molecule has 1 aromatic carbocycles. The Hall–Kier alpha value is -1.35. The maximum Gasteiger partial charge on any atom is 0.150 e. The molecule has 1 aliphatic rings. The van der Waals surface area contributed by atoms with Gasteiger partial charge in [0.1, 0.15) is 5.82 Å². The molecule has 3 nitrogen and oxygen atoms in total. The Morgan fingerprint density at radius 3 is 3.00 bits per heavy atom. The Morgan fingerprint density at radius 2 is 2.24 bits per heavy atom. The third-order valence-corrected chi connectivity index (χ3v) is 3.61. The van der Waals surface area contributed by atoms with Gasteiger partial charge in [-0.1, -0.05) is 36.7 Å². The Morgan fingerprint density at radius 1 is 1.41 bits per heavy atom. The number of fused-ring (bicyclic) bond motifs is 1. The predicted octanol–water partition coefficient (Wildman–Crippen LogP) is 3.03. The lowest BCUT2D eigenvalue weighted by Gasteiger charge is -2.13. The molecule has 1 aromatic heterocycles. The Balaban J connectivity index is 2.03. The monoisotopic (exact) mass is 247 g/mol. The van der Waals surface area contributed by atoms with Crippen molar-refractivity contribution in [3.8, 4) is 0 Å². The molecule has 2 aromatic rings. The zero-order chi connectivity index (χ0) is 11.8. The van der Waals surface area contributed by atoms with Crippen LogP contribution in [0.15, 0.2) is 24.3 Å². The van der Waals surface area contributed by atoms with Gasteiger partial charge in [0.25, 0.3) is 0 Å². The highest BCUT2D eigenvalue weighted by molar-refractivity contribution is 6.31. The Bertz CT molecular complexity index is 547. The standard InChI is InChI=1S/C13H14ClN3/c1-2-12-15-13-8-7-11(17(13)16-12)9-5-3-4-6-10(9)14/h3-6,11H,2,7-8H2,1H3/t11-/m0/s1. The zero-order valence-electron chi connectivity index (χ0n) is 9.73. The van der Waals surface area contributed by atoms with Crippen molar-refractivity contribution in [2.75, 3.05) is 0 Å². The second-order valence-electron chi connectivity index (χ2n) is 4.32. The quantitative estimate of drug-likeness (QED) is 0.817. The van der Waals surface area contributed by atoms with Gasteiger partial charge in [-0.15, -0.1) is 0 Å². The van der Waals surface area contributed by atoms with E-state index in [-0.39, 0.29) is 6.04 Å². The molecule has 0 saturated carbocycles. The fraction of sp³-hybridized carbons (Fsp3) is 0.385. The lowest BCUT2D eigenvalue weighted by Crippen LogP contribution is -2.08. The first-order valence-electron chi connectivity index (χ1n) is 5.98. The van der Waals surface area contributed by atoms with Crippen LogP contribution in [0.2, 0.25) is 5.02 Å². The second-order valence-corrected chi connectivity index (χ2v) is 4.73. The van der Waals surface area contributed by atoms with Crippen LogP contribution in [-0.2, 0) is 12.8 Å². The summed E-state index contributed by atoms with van der Waals surface area (Å²) in [5, 5.41) is 5.37. The number of nitrogens with zero attached hydrogens (tertiary/aromatic N) is 3. The van der Waals surface area contributed by atoms with E-state index in [0.29, 0.717) is 0 Å². The fourth-order valence-corrected chi connectivity index (χ4v) is 2.66. The summed E-state index contributed by atoms with van der Waals surface area (Å²) in [5.74, 6) is 2.02. The highest BCUT2D eigenvalue weighted by Crippen LogP contribution is 2.34. The molecular formula is C13H14ClN3. The molecule has 17 heavy (non-hydrogen) atoms. The van der Waals surface area contributed by atoms with E-state index < -0.39 is 0 Å². The Kier molecular flexibility index (Phi) is 2.63. The van der Waals surface area contributed by atoms with E-state index >= 15 is 0 Å². The zero-order valence-corrected chi connectivity index (χ0v) is 10.5. The molecule has 88 valence electrons. The molecule has 3 rings (SSSR count). The van der Waals surface area contributed by atoms with Gasteiger partial charge in [-0.2, -0.15) is 5.10 Å². The van der Waals surface area contributed by atoms with Crippen LogP contribution in [0.4, 0.5) is 0 Å². The van der Waals surface area contributed by atoms with Gasteiger partial charge in [-0.25, -0.2) is 9.67 Å². The maximum atomic E-state index is 6.25. The third kappa shape index (κ3) is 1.75. The van der Waals surface area contributed by atoms with Crippen molar-refractivity contribution in [3.05, 3.63) is 46.5 Å². The number of hydrogen-bond donors (Lipinski definition) is 0. The van der Waals surface area contributed by atoms with Crippen LogP contribution in [0.25, 0.3) is 0 Å². The van der Waals surface area contributed by atoms with E-state index in [9.17, 15) is 0 Å². The van der Waals surface area contributed by atoms with E-state index in [1.807, 2.05) is 22.9 Å². The van der Waals surface area contributed by atoms with Crippen molar-refractivity contribution in [3.63, 3.8) is 0 Å². The molecular weight excluding hydrogens is 234 g/mol. The minimum Gasteiger partial charge on any atom is -0.242 e. The van der Waals surface area contributed by atoms with Gasteiger partial charge < -0.3 is 0 Å². The van der Waals surface area contributed by atoms with Gasteiger partial charge in [0.15, 0.2) is 5.82 Å². The van der Waals surface area contributed by atoms with Crippen molar-refractivity contribution < 1.29 is 0 Å². The summed E-state index contributed by atoms with van der Waals surface area (Å²) < 4.78 is 2.04. The van der Waals surface area contributed by atoms with Crippen LogP contribution >= 0.6 is 11.6 Å². The maximum absolute atomic E-state index is 6.25. The SMILES string of the molecule is CCc1nc2n(n1)[C@H](c1ccccc1Cl)CC2. The molecule has 0 unspecified atom stereocenters. The predicted molar refractivity (Wildman–Crippen MR) is 67.3 cm³/mol. The van der Waals surface area contributed by atoms with Crippen LogP contribution in [-0.4, -0.2) is 14.8 Å². The number of rotatable bonds is 2. The third-order valence-electron chi connectivity index (χ3n) is 3.26. The lowest BCUT2D eigenvalue weighted by atomic mass is 10.1. The molecule has 2 heterocycles. The average molecular weight is 248 g/mol. The van der Waals surface area contributed by atoms with Gasteiger partial charge in [0.2, 0.25) is 0 Å². The number of aromatic nitrogens is 3. The van der Waals surface area contributed by atoms with Crippen molar-refractivity contribution in [2.24, 2.45) is 0 Å². The number of hydrogen-bond acceptors (Lipinski definition) is 2. The van der Waals surface area contributed by atoms with Crippen molar-refractivity contribution in [1.82, 2.24) is 14.8 Å². The van der Waals surface area contributed by atoms with Crippen molar-refractivity contribution >= 4 is 11.6 Å². The highest BCUT2D eigenvalue weighted by atomic mass is 35.5. The lowest BCUT2D eigenvalue weighted by molar-refractivity contribution is 0.549. The molecule has 4 heteroatoms. The first kappa shape index (κ1) is 10.8. The molecule has 0 spiro atoms. The molecule has 0 fully saturated rings. The van der Waals surface area contributed by atoms with Crippen molar-refractivity contribution in [2.45, 2.75) is 32.2 Å². The summed E-state index contributed by atoms with van der Waals surface area (Å²) in [6.07, 6.45) is 2.92. The largest absolute Gasteiger partial charge is 0.242 e. The fourth-order valence-electron chi connectivity index (χ4n) is 2.40. The normalized spacial score (nSPS) is 18.4. The van der Waals surface area contributed by atoms with Crippen molar-refractivity contribution in [1.29, 1.82) is 0 Å². The first-order valence-corrected chi connectivity index (χ1v) is 6.36. The highest BCUT2D eigenvalue weighted by Gasteiger charge is 2.27. The molecule has 0 saturated heterocycles. The van der Waals surface area contributed by atoms with Gasteiger partial charge in [0.05, 0.1) is 6.04 Å². The summed E-state index contributed by atoms with van der Waals surface area (Å²) in [7, 11) is 0. The van der Waals surface area contributed by atoms with Crippen LogP contribution in [0.3, 0.4) is 0 Å². The summed E-state index contributed by atoms with van der Waals surface area (Å²) in [6, 6.07) is 8.26. The van der Waals surface area contributed by atoms with Crippen LogP contribution in [0, 0.1) is 0 Å². The van der Waals surface area contributed by atoms with Gasteiger partial charge in [0, 0.05) is 17.9 Å². The summed E-state index contributed by atoms with van der Waals surface area (Å²) in [4.78, 5) is 4.52. The average Bonchev–Trinajstić information content (AvgIpc) is 2.89. The number of halogens is 1. The van der Waals surface area contributed by atoms with E-state index in [4.69, 9.17) is 11.6 Å². The van der Waals surface area contributed by atoms with Gasteiger partial charge >= 0.3 is 0 Å². The van der Waals surface area contributed by atoms with E-state index in [2.05, 4.69) is 23.1 Å². The molecule has 0 bridgehead atoms. The van der Waals surface area contributed by atoms with Gasteiger partial charge in [-0.3, -0.25) is 0 Å².